The molecule has 0 saturated carbocycles. The number of hydrogen-bond acceptors (Lipinski definition) is 2. The lowest BCUT2D eigenvalue weighted by molar-refractivity contribution is 0.583. The topological polar surface area (TPSA) is 43.8 Å². The molecule has 6 heteroatoms. The van der Waals surface area contributed by atoms with Crippen molar-refractivity contribution in [2.24, 2.45) is 5.73 Å². The van der Waals surface area contributed by atoms with Crippen molar-refractivity contribution >= 4 is 27.5 Å². The number of rotatable bonds is 5. The Balaban J connectivity index is 2.31. The number of nitrogens with zero attached hydrogens (tertiary/aromatic N) is 2. The second-order valence-electron chi connectivity index (χ2n) is 4.85. The van der Waals surface area contributed by atoms with E-state index in [4.69, 9.17) is 17.3 Å². The zero-order valence-corrected chi connectivity index (χ0v) is 14.4. The van der Waals surface area contributed by atoms with Crippen LogP contribution in [0.3, 0.4) is 0 Å². The van der Waals surface area contributed by atoms with Crippen molar-refractivity contribution in [2.75, 3.05) is 0 Å². The minimum atomic E-state index is -0.289. The predicted octanol–water partition coefficient (Wildman–Crippen LogP) is 4.26. The Morgan fingerprint density at radius 3 is 2.71 bits per heavy atom. The molecule has 2 rings (SSSR count). The summed E-state index contributed by atoms with van der Waals surface area (Å²) in [6.07, 6.45) is 1.35. The quantitative estimate of drug-likeness (QED) is 0.849. The second kappa shape index (κ2) is 6.90. The molecule has 0 bridgehead atoms. The van der Waals surface area contributed by atoms with Gasteiger partial charge in [-0.1, -0.05) is 40.5 Å². The molecule has 0 aliphatic carbocycles. The van der Waals surface area contributed by atoms with Crippen molar-refractivity contribution in [2.45, 2.75) is 39.3 Å². The van der Waals surface area contributed by atoms with Crippen LogP contribution in [-0.4, -0.2) is 9.78 Å². The Morgan fingerprint density at radius 2 is 2.14 bits per heavy atom. The highest BCUT2D eigenvalue weighted by Gasteiger charge is 2.19. The Labute approximate surface area is 137 Å². The van der Waals surface area contributed by atoms with E-state index in [2.05, 4.69) is 21.0 Å². The fourth-order valence-corrected chi connectivity index (χ4v) is 3.32. The third-order valence-corrected chi connectivity index (χ3v) is 4.59. The van der Waals surface area contributed by atoms with Crippen molar-refractivity contribution in [3.8, 4) is 0 Å². The van der Waals surface area contributed by atoms with E-state index in [9.17, 15) is 4.39 Å². The van der Waals surface area contributed by atoms with E-state index in [0.29, 0.717) is 15.9 Å². The molecule has 0 amide bonds. The summed E-state index contributed by atoms with van der Waals surface area (Å²) in [5, 5.41) is 5.18. The zero-order chi connectivity index (χ0) is 15.6. The predicted molar refractivity (Wildman–Crippen MR) is 87.0 cm³/mol. The number of aryl methyl sites for hydroxylation is 2. The first-order valence-corrected chi connectivity index (χ1v) is 8.09. The minimum Gasteiger partial charge on any atom is -0.324 e. The monoisotopic (exact) mass is 373 g/mol. The van der Waals surface area contributed by atoms with E-state index >= 15 is 0 Å². The summed E-state index contributed by atoms with van der Waals surface area (Å²) in [4.78, 5) is 0. The summed E-state index contributed by atoms with van der Waals surface area (Å²) in [5.41, 5.74) is 8.94. The maximum atomic E-state index is 13.2. The molecular formula is C15H18BrClFN3. The molecule has 0 saturated heterocycles. The van der Waals surface area contributed by atoms with Crippen LogP contribution in [0.5, 0.6) is 0 Å². The van der Waals surface area contributed by atoms with Crippen molar-refractivity contribution in [1.82, 2.24) is 9.78 Å². The van der Waals surface area contributed by atoms with Gasteiger partial charge in [-0.15, -0.1) is 0 Å². The van der Waals surface area contributed by atoms with E-state index in [-0.39, 0.29) is 11.9 Å². The molecule has 0 radical (unpaired) electrons. The average Bonchev–Trinajstić information content (AvgIpc) is 2.75. The van der Waals surface area contributed by atoms with Crippen LogP contribution < -0.4 is 5.73 Å². The summed E-state index contributed by atoms with van der Waals surface area (Å²) in [6, 6.07) is 4.26. The van der Waals surface area contributed by atoms with Gasteiger partial charge in [-0.3, -0.25) is 4.68 Å². The summed E-state index contributed by atoms with van der Waals surface area (Å²) < 4.78 is 15.7. The normalized spacial score (nSPS) is 12.7. The van der Waals surface area contributed by atoms with Crippen LogP contribution in [0.2, 0.25) is 5.02 Å². The SMILES string of the molecule is CCc1nn(CC)c(CC(N)c2ccc(F)cc2Br)c1Cl. The van der Waals surface area contributed by atoms with Crippen LogP contribution in [0.25, 0.3) is 0 Å². The third-order valence-electron chi connectivity index (χ3n) is 3.47. The first-order valence-electron chi connectivity index (χ1n) is 6.92. The molecule has 2 aromatic rings. The van der Waals surface area contributed by atoms with Crippen molar-refractivity contribution < 1.29 is 4.39 Å². The molecular weight excluding hydrogens is 357 g/mol. The van der Waals surface area contributed by atoms with Gasteiger partial charge < -0.3 is 5.73 Å². The standard InChI is InChI=1S/C15H18BrClFN3/c1-3-13-15(17)14(21(4-2)20-13)8-12(19)10-6-5-9(18)7-11(10)16/h5-7,12H,3-4,8,19H2,1-2H3. The summed E-state index contributed by atoms with van der Waals surface area (Å²) in [6.45, 7) is 4.78. The second-order valence-corrected chi connectivity index (χ2v) is 6.09. The molecule has 0 fully saturated rings. The van der Waals surface area contributed by atoms with Gasteiger partial charge in [0.2, 0.25) is 0 Å². The smallest absolute Gasteiger partial charge is 0.124 e. The first-order chi connectivity index (χ1) is 9.97. The van der Waals surface area contributed by atoms with Crippen LogP contribution in [0, 0.1) is 5.82 Å². The molecule has 1 aromatic carbocycles. The van der Waals surface area contributed by atoms with Crippen molar-refractivity contribution in [3.05, 3.63) is 50.5 Å². The molecule has 3 nitrogen and oxygen atoms in total. The molecule has 0 aliphatic heterocycles. The van der Waals surface area contributed by atoms with Crippen LogP contribution in [0.1, 0.15) is 36.8 Å². The van der Waals surface area contributed by atoms with Crippen LogP contribution in [-0.2, 0) is 19.4 Å². The molecule has 1 atom stereocenters. The van der Waals surface area contributed by atoms with E-state index < -0.39 is 0 Å². The fourth-order valence-electron chi connectivity index (χ4n) is 2.33. The molecule has 114 valence electrons. The van der Waals surface area contributed by atoms with Crippen molar-refractivity contribution in [1.29, 1.82) is 0 Å². The molecule has 2 N–H and O–H groups in total. The van der Waals surface area contributed by atoms with Gasteiger partial charge in [0.1, 0.15) is 5.82 Å². The van der Waals surface area contributed by atoms with Crippen LogP contribution >= 0.6 is 27.5 Å². The van der Waals surface area contributed by atoms with E-state index in [1.807, 2.05) is 18.5 Å². The molecule has 1 heterocycles. The molecule has 21 heavy (non-hydrogen) atoms. The highest BCUT2D eigenvalue weighted by atomic mass is 79.9. The zero-order valence-electron chi connectivity index (χ0n) is 12.0. The first kappa shape index (κ1) is 16.5. The third kappa shape index (κ3) is 3.47. The number of benzene rings is 1. The highest BCUT2D eigenvalue weighted by molar-refractivity contribution is 9.10. The number of nitrogens with two attached hydrogens (primary N) is 1. The summed E-state index contributed by atoms with van der Waals surface area (Å²) in [5.74, 6) is -0.289. The van der Waals surface area contributed by atoms with Gasteiger partial charge in [0.25, 0.3) is 0 Å². The number of hydrogen-bond donors (Lipinski definition) is 1. The summed E-state index contributed by atoms with van der Waals surface area (Å²) >= 11 is 9.75. The minimum absolute atomic E-state index is 0.274. The lowest BCUT2D eigenvalue weighted by Crippen LogP contribution is -2.17. The van der Waals surface area contributed by atoms with Gasteiger partial charge in [-0.05, 0) is 31.0 Å². The van der Waals surface area contributed by atoms with E-state index in [0.717, 1.165) is 29.9 Å². The van der Waals surface area contributed by atoms with E-state index in [1.165, 1.54) is 12.1 Å². The van der Waals surface area contributed by atoms with E-state index in [1.54, 1.807) is 6.07 Å². The molecule has 1 aromatic heterocycles. The number of aromatic nitrogens is 2. The van der Waals surface area contributed by atoms with Crippen LogP contribution in [0.4, 0.5) is 4.39 Å². The lowest BCUT2D eigenvalue weighted by Gasteiger charge is -2.15. The lowest BCUT2D eigenvalue weighted by atomic mass is 10.0. The van der Waals surface area contributed by atoms with Gasteiger partial charge in [-0.2, -0.15) is 5.10 Å². The Bertz CT molecular complexity index is 642. The highest BCUT2D eigenvalue weighted by Crippen LogP contribution is 2.29. The maximum absolute atomic E-state index is 13.2. The Hall–Kier alpha value is -0.910. The Morgan fingerprint density at radius 1 is 1.43 bits per heavy atom. The summed E-state index contributed by atoms with van der Waals surface area (Å²) in [7, 11) is 0. The fraction of sp³-hybridized carbons (Fsp3) is 0.400. The van der Waals surface area contributed by atoms with Gasteiger partial charge in [0.15, 0.2) is 0 Å². The molecule has 0 spiro atoms. The van der Waals surface area contributed by atoms with Gasteiger partial charge >= 0.3 is 0 Å². The average molecular weight is 375 g/mol. The van der Waals surface area contributed by atoms with Crippen LogP contribution in [0.15, 0.2) is 22.7 Å². The largest absolute Gasteiger partial charge is 0.324 e. The van der Waals surface area contributed by atoms with Gasteiger partial charge in [0, 0.05) is 23.5 Å². The van der Waals surface area contributed by atoms with Gasteiger partial charge in [0.05, 0.1) is 16.4 Å². The van der Waals surface area contributed by atoms with Crippen molar-refractivity contribution in [3.63, 3.8) is 0 Å². The van der Waals surface area contributed by atoms with Gasteiger partial charge in [-0.25, -0.2) is 4.39 Å². The molecule has 1 unspecified atom stereocenters. The number of halogens is 3. The maximum Gasteiger partial charge on any atom is 0.124 e. The molecule has 0 aliphatic rings. The Kier molecular flexibility index (Phi) is 5.41.